The monoisotopic (exact) mass is 547 g/mol. The Kier molecular flexibility index (Phi) is 8.84. The van der Waals surface area contributed by atoms with Crippen LogP contribution in [0.5, 0.6) is 0 Å². The maximum atomic E-state index is 13.7. The van der Waals surface area contributed by atoms with Gasteiger partial charge in [0, 0.05) is 18.4 Å². The van der Waals surface area contributed by atoms with Gasteiger partial charge in [-0.1, -0.05) is 78.0 Å². The number of nitrogens with two attached hydrogens (primary N) is 1. The molecule has 2 unspecified atom stereocenters. The molecule has 0 saturated carbocycles. The zero-order valence-electron chi connectivity index (χ0n) is 21.3. The predicted octanol–water partition coefficient (Wildman–Crippen LogP) is 2.67. The molecule has 39 heavy (non-hydrogen) atoms. The first-order chi connectivity index (χ1) is 18.7. The van der Waals surface area contributed by atoms with Gasteiger partial charge in [0.15, 0.2) is 0 Å². The number of nitrogens with zero attached hydrogens (tertiary/aromatic N) is 3. The molecule has 3 N–H and O–H groups in total. The average molecular weight is 548 g/mol. The molecule has 3 aromatic carbocycles. The molecule has 1 amide bonds. The molecule has 0 bridgehead atoms. The Morgan fingerprint density at radius 2 is 1.51 bits per heavy atom. The number of benzene rings is 3. The van der Waals surface area contributed by atoms with Gasteiger partial charge >= 0.3 is 5.97 Å². The number of aromatic nitrogens is 3. The number of amides is 1. The van der Waals surface area contributed by atoms with E-state index in [0.29, 0.717) is 17.7 Å². The van der Waals surface area contributed by atoms with E-state index in [1.807, 2.05) is 60.7 Å². The van der Waals surface area contributed by atoms with Crippen LogP contribution in [0.15, 0.2) is 96.0 Å². The Bertz CT molecular complexity index is 1510. The summed E-state index contributed by atoms with van der Waals surface area (Å²) in [5, 5.41) is 16.4. The Morgan fingerprint density at radius 1 is 0.923 bits per heavy atom. The highest BCUT2D eigenvalue weighted by atomic mass is 32.2. The van der Waals surface area contributed by atoms with Crippen LogP contribution < -0.4 is 10.5 Å². The number of ether oxygens (including phenoxy) is 1. The van der Waals surface area contributed by atoms with Crippen LogP contribution in [0.25, 0.3) is 11.3 Å². The molecule has 1 heterocycles. The summed E-state index contributed by atoms with van der Waals surface area (Å²) in [4.78, 5) is 26.4. The smallest absolute Gasteiger partial charge is 0.328 e. The van der Waals surface area contributed by atoms with E-state index in [1.165, 1.54) is 16.8 Å². The molecule has 11 heteroatoms. The summed E-state index contributed by atoms with van der Waals surface area (Å²) in [5.74, 6) is -0.948. The number of primary sulfonamides is 1. The van der Waals surface area contributed by atoms with Crippen LogP contribution in [0.1, 0.15) is 24.1 Å². The van der Waals surface area contributed by atoms with E-state index in [1.54, 1.807) is 25.3 Å². The molecule has 10 nitrogen and oxygen atoms in total. The lowest BCUT2D eigenvalue weighted by molar-refractivity contribution is -0.147. The van der Waals surface area contributed by atoms with Gasteiger partial charge in [-0.05, 0) is 30.2 Å². The molecular weight excluding hydrogens is 518 g/mol. The van der Waals surface area contributed by atoms with Crippen molar-refractivity contribution in [2.75, 3.05) is 6.61 Å². The minimum atomic E-state index is -3.83. The zero-order valence-corrected chi connectivity index (χ0v) is 22.1. The fourth-order valence-corrected chi connectivity index (χ4v) is 4.59. The van der Waals surface area contributed by atoms with Crippen LogP contribution in [-0.4, -0.2) is 47.9 Å². The summed E-state index contributed by atoms with van der Waals surface area (Å²) in [6.45, 7) is 1.90. The second-order valence-electron chi connectivity index (χ2n) is 8.86. The number of carbonyl (C=O) groups excluding carboxylic acids is 2. The third kappa shape index (κ3) is 7.37. The average Bonchev–Trinajstić information content (AvgIpc) is 3.42. The van der Waals surface area contributed by atoms with Crippen molar-refractivity contribution in [1.29, 1.82) is 0 Å². The lowest BCUT2D eigenvalue weighted by Gasteiger charge is -2.22. The third-order valence-electron chi connectivity index (χ3n) is 6.05. The van der Waals surface area contributed by atoms with Crippen molar-refractivity contribution in [2.24, 2.45) is 5.14 Å². The highest BCUT2D eigenvalue weighted by Gasteiger charge is 2.29. The zero-order chi connectivity index (χ0) is 27.8. The van der Waals surface area contributed by atoms with E-state index in [2.05, 4.69) is 15.6 Å². The summed E-state index contributed by atoms with van der Waals surface area (Å²) < 4.78 is 29.8. The van der Waals surface area contributed by atoms with Gasteiger partial charge in [-0.3, -0.25) is 4.79 Å². The Morgan fingerprint density at radius 3 is 2.08 bits per heavy atom. The van der Waals surface area contributed by atoms with Gasteiger partial charge in [-0.25, -0.2) is 23.0 Å². The Labute approximate surface area is 226 Å². The minimum Gasteiger partial charge on any atom is -0.464 e. The number of rotatable bonds is 11. The fourth-order valence-electron chi connectivity index (χ4n) is 4.07. The van der Waals surface area contributed by atoms with Crippen molar-refractivity contribution in [3.63, 3.8) is 0 Å². The van der Waals surface area contributed by atoms with Crippen LogP contribution in [0.4, 0.5) is 0 Å². The molecule has 0 aliphatic carbocycles. The maximum Gasteiger partial charge on any atom is 0.328 e. The Balaban J connectivity index is 1.62. The molecule has 4 aromatic rings. The topological polar surface area (TPSA) is 146 Å². The fraction of sp³-hybridized carbons (Fsp3) is 0.214. The molecule has 202 valence electrons. The van der Waals surface area contributed by atoms with Crippen LogP contribution in [0.2, 0.25) is 0 Å². The van der Waals surface area contributed by atoms with Gasteiger partial charge in [0.2, 0.25) is 15.9 Å². The maximum absolute atomic E-state index is 13.7. The Hall–Kier alpha value is -4.35. The predicted molar refractivity (Wildman–Crippen MR) is 145 cm³/mol. The molecule has 4 rings (SSSR count). The van der Waals surface area contributed by atoms with Crippen molar-refractivity contribution in [2.45, 2.75) is 36.7 Å². The molecule has 0 radical (unpaired) electrons. The summed E-state index contributed by atoms with van der Waals surface area (Å²) in [5.41, 5.74) is 2.80. The number of hydrogen-bond acceptors (Lipinski definition) is 7. The minimum absolute atomic E-state index is 0.0246. The van der Waals surface area contributed by atoms with E-state index in [0.717, 1.165) is 11.1 Å². The summed E-state index contributed by atoms with van der Waals surface area (Å²) in [6, 6.07) is 23.0. The lowest BCUT2D eigenvalue weighted by atomic mass is 10.0. The largest absolute Gasteiger partial charge is 0.464 e. The summed E-state index contributed by atoms with van der Waals surface area (Å²) in [6.07, 6.45) is 2.17. The summed E-state index contributed by atoms with van der Waals surface area (Å²) >= 11 is 0. The molecule has 0 aliphatic rings. The molecule has 0 spiro atoms. The second kappa shape index (κ2) is 12.5. The van der Waals surface area contributed by atoms with Crippen LogP contribution in [0.3, 0.4) is 0 Å². The quantitative estimate of drug-likeness (QED) is 0.275. The number of nitrogens with one attached hydrogen (secondary N) is 1. The first-order valence-electron chi connectivity index (χ1n) is 12.3. The van der Waals surface area contributed by atoms with E-state index >= 15 is 0 Å². The molecule has 0 fully saturated rings. The van der Waals surface area contributed by atoms with E-state index in [9.17, 15) is 18.0 Å². The number of hydrogen-bond donors (Lipinski definition) is 2. The van der Waals surface area contributed by atoms with Gasteiger partial charge in [-0.2, -0.15) is 0 Å². The van der Waals surface area contributed by atoms with Crippen LogP contribution in [-0.2, 0) is 37.2 Å². The highest BCUT2D eigenvalue weighted by molar-refractivity contribution is 7.89. The van der Waals surface area contributed by atoms with Crippen molar-refractivity contribution in [3.8, 4) is 11.3 Å². The van der Waals surface area contributed by atoms with Gasteiger partial charge in [-0.15, -0.1) is 5.10 Å². The first kappa shape index (κ1) is 27.7. The lowest BCUT2D eigenvalue weighted by Crippen LogP contribution is -2.46. The molecule has 0 aliphatic heterocycles. The van der Waals surface area contributed by atoms with Gasteiger partial charge < -0.3 is 10.1 Å². The van der Waals surface area contributed by atoms with E-state index in [4.69, 9.17) is 9.88 Å². The van der Waals surface area contributed by atoms with E-state index < -0.39 is 34.0 Å². The standard InChI is InChI=1S/C28H29N5O5S/c1-2-38-28(35)24(17-20-9-5-3-6-10-20)30-27(34)26(18-21-11-7-4-8-12-21)33-19-25(31-32-33)22-13-15-23(16-14-22)39(29,36)37/h3-16,19,24,26H,2,17-18H2,1H3,(H,30,34)(H2,29,36,37). The molecule has 2 atom stereocenters. The van der Waals surface area contributed by atoms with Crippen molar-refractivity contribution >= 4 is 21.9 Å². The van der Waals surface area contributed by atoms with Crippen LogP contribution >= 0.6 is 0 Å². The second-order valence-corrected chi connectivity index (χ2v) is 10.4. The van der Waals surface area contributed by atoms with Crippen molar-refractivity contribution < 1.29 is 22.7 Å². The first-order valence-corrected chi connectivity index (χ1v) is 13.9. The molecular formula is C28H29N5O5S. The van der Waals surface area contributed by atoms with Crippen molar-refractivity contribution in [3.05, 3.63) is 102 Å². The summed E-state index contributed by atoms with van der Waals surface area (Å²) in [7, 11) is -3.83. The normalized spacial score (nSPS) is 12.9. The van der Waals surface area contributed by atoms with E-state index in [-0.39, 0.29) is 17.9 Å². The van der Waals surface area contributed by atoms with Gasteiger partial charge in [0.1, 0.15) is 17.8 Å². The molecule has 0 saturated heterocycles. The van der Waals surface area contributed by atoms with Crippen molar-refractivity contribution in [1.82, 2.24) is 20.3 Å². The molecule has 1 aromatic heterocycles. The van der Waals surface area contributed by atoms with Crippen LogP contribution in [0, 0.1) is 0 Å². The van der Waals surface area contributed by atoms with Gasteiger partial charge in [0.25, 0.3) is 0 Å². The SMILES string of the molecule is CCOC(=O)C(Cc1ccccc1)NC(=O)C(Cc1ccccc1)n1cc(-c2ccc(S(N)(=O)=O)cc2)nn1. The number of esters is 1. The highest BCUT2D eigenvalue weighted by Crippen LogP contribution is 2.22. The third-order valence-corrected chi connectivity index (χ3v) is 6.98. The number of carbonyl (C=O) groups is 2. The number of sulfonamides is 1. The van der Waals surface area contributed by atoms with Gasteiger partial charge in [0.05, 0.1) is 17.7 Å².